The van der Waals surface area contributed by atoms with E-state index in [1.54, 1.807) is 32.1 Å². The van der Waals surface area contributed by atoms with E-state index >= 15 is 0 Å². The fourth-order valence-corrected chi connectivity index (χ4v) is 3.41. The SMILES string of the molecule is CCOC(=O)/C(C)=C\c1nc(Cc2ccc3c(c2)OCO3)c2c(N)c(Cl)ccc2n1. The molecule has 2 heterocycles. The normalized spacial score (nSPS) is 13.0. The maximum Gasteiger partial charge on any atom is 0.333 e. The first-order chi connectivity index (χ1) is 14.5. The molecule has 0 atom stereocenters. The predicted octanol–water partition coefficient (Wildman–Crippen LogP) is 4.15. The van der Waals surface area contributed by atoms with E-state index in [-0.39, 0.29) is 6.79 Å². The van der Waals surface area contributed by atoms with Gasteiger partial charge in [0.2, 0.25) is 6.79 Å². The van der Waals surface area contributed by atoms with Crippen LogP contribution < -0.4 is 15.2 Å². The van der Waals surface area contributed by atoms with Crippen molar-refractivity contribution in [2.45, 2.75) is 20.3 Å². The second-order valence-electron chi connectivity index (χ2n) is 6.80. The first kappa shape index (κ1) is 20.0. The zero-order chi connectivity index (χ0) is 21.3. The number of nitrogens with two attached hydrogens (primary N) is 1. The number of nitrogens with zero attached hydrogens (tertiary/aromatic N) is 2. The van der Waals surface area contributed by atoms with Crippen molar-refractivity contribution < 1.29 is 19.0 Å². The van der Waals surface area contributed by atoms with Crippen LogP contribution in [0, 0.1) is 0 Å². The number of rotatable bonds is 5. The molecule has 2 aromatic carbocycles. The summed E-state index contributed by atoms with van der Waals surface area (Å²) in [6.07, 6.45) is 2.07. The first-order valence-electron chi connectivity index (χ1n) is 9.44. The van der Waals surface area contributed by atoms with Crippen LogP contribution in [0.3, 0.4) is 0 Å². The molecule has 1 aliphatic heterocycles. The van der Waals surface area contributed by atoms with Crippen molar-refractivity contribution in [3.63, 3.8) is 0 Å². The van der Waals surface area contributed by atoms with Gasteiger partial charge < -0.3 is 19.9 Å². The van der Waals surface area contributed by atoms with E-state index in [0.29, 0.717) is 63.2 Å². The summed E-state index contributed by atoms with van der Waals surface area (Å²) in [6.45, 7) is 3.93. The Balaban J connectivity index is 1.80. The summed E-state index contributed by atoms with van der Waals surface area (Å²) in [4.78, 5) is 21.2. The number of carbonyl (C=O) groups is 1. The third kappa shape index (κ3) is 3.89. The Kier molecular flexibility index (Phi) is 5.46. The summed E-state index contributed by atoms with van der Waals surface area (Å²) < 4.78 is 15.9. The number of halogens is 1. The van der Waals surface area contributed by atoms with Gasteiger partial charge in [0.25, 0.3) is 0 Å². The number of ether oxygens (including phenoxy) is 3. The highest BCUT2D eigenvalue weighted by atomic mass is 35.5. The molecule has 0 unspecified atom stereocenters. The molecule has 30 heavy (non-hydrogen) atoms. The highest BCUT2D eigenvalue weighted by molar-refractivity contribution is 6.34. The number of nitrogen functional groups attached to an aromatic ring is 1. The van der Waals surface area contributed by atoms with Crippen LogP contribution in [0.25, 0.3) is 17.0 Å². The summed E-state index contributed by atoms with van der Waals surface area (Å²) in [5.41, 5.74) is 9.39. The molecule has 4 rings (SSSR count). The minimum atomic E-state index is -0.408. The Morgan fingerprint density at radius 1 is 1.23 bits per heavy atom. The van der Waals surface area contributed by atoms with Crippen molar-refractivity contribution in [3.8, 4) is 11.5 Å². The van der Waals surface area contributed by atoms with Gasteiger partial charge >= 0.3 is 5.97 Å². The molecule has 0 bridgehead atoms. The van der Waals surface area contributed by atoms with E-state index in [0.717, 1.165) is 5.56 Å². The third-order valence-corrected chi connectivity index (χ3v) is 5.02. The third-order valence-electron chi connectivity index (χ3n) is 4.69. The van der Waals surface area contributed by atoms with E-state index in [9.17, 15) is 4.79 Å². The zero-order valence-electron chi connectivity index (χ0n) is 16.6. The van der Waals surface area contributed by atoms with Gasteiger partial charge in [-0.25, -0.2) is 14.8 Å². The number of hydrogen-bond donors (Lipinski definition) is 1. The van der Waals surface area contributed by atoms with Crippen molar-refractivity contribution in [1.82, 2.24) is 9.97 Å². The molecule has 0 fully saturated rings. The molecule has 1 aliphatic rings. The van der Waals surface area contributed by atoms with Gasteiger partial charge in [0.15, 0.2) is 17.3 Å². The highest BCUT2D eigenvalue weighted by Crippen LogP contribution is 2.35. The molecule has 0 saturated carbocycles. The van der Waals surface area contributed by atoms with Gasteiger partial charge in [0.1, 0.15) is 0 Å². The second-order valence-corrected chi connectivity index (χ2v) is 7.20. The molecule has 8 heteroatoms. The number of fused-ring (bicyclic) bond motifs is 2. The largest absolute Gasteiger partial charge is 0.463 e. The van der Waals surface area contributed by atoms with E-state index in [2.05, 4.69) is 9.97 Å². The van der Waals surface area contributed by atoms with Crippen molar-refractivity contribution in [2.24, 2.45) is 0 Å². The van der Waals surface area contributed by atoms with Crippen LogP contribution in [0.15, 0.2) is 35.9 Å². The van der Waals surface area contributed by atoms with Gasteiger partial charge in [0.05, 0.1) is 28.5 Å². The Bertz CT molecular complexity index is 1180. The summed E-state index contributed by atoms with van der Waals surface area (Å²) in [6, 6.07) is 9.21. The van der Waals surface area contributed by atoms with Gasteiger partial charge in [-0.05, 0) is 49.8 Å². The van der Waals surface area contributed by atoms with E-state index in [1.807, 2.05) is 18.2 Å². The minimum Gasteiger partial charge on any atom is -0.463 e. The number of hydrogen-bond acceptors (Lipinski definition) is 7. The van der Waals surface area contributed by atoms with Crippen molar-refractivity contribution in [3.05, 3.63) is 58.0 Å². The topological polar surface area (TPSA) is 96.6 Å². The standard InChI is InChI=1S/C22H20ClN3O4/c1-3-28-22(27)12(2)8-19-25-15-6-5-14(23)21(24)20(15)16(26-19)9-13-4-7-17-18(10-13)30-11-29-17/h4-8,10H,3,9,11,24H2,1-2H3/b12-8-. The summed E-state index contributed by atoms with van der Waals surface area (Å²) in [5.74, 6) is 1.39. The lowest BCUT2D eigenvalue weighted by molar-refractivity contribution is -0.138. The Morgan fingerprint density at radius 2 is 2.03 bits per heavy atom. The van der Waals surface area contributed by atoms with Crippen LogP contribution in [-0.4, -0.2) is 29.3 Å². The van der Waals surface area contributed by atoms with E-state index in [1.165, 1.54) is 0 Å². The molecule has 0 spiro atoms. The molecule has 0 radical (unpaired) electrons. The fraction of sp³-hybridized carbons (Fsp3) is 0.227. The molecular weight excluding hydrogens is 406 g/mol. The number of aromatic nitrogens is 2. The average Bonchev–Trinajstić information content (AvgIpc) is 3.18. The molecule has 0 saturated heterocycles. The van der Waals surface area contributed by atoms with Gasteiger partial charge in [-0.3, -0.25) is 0 Å². The van der Waals surface area contributed by atoms with Crippen LogP contribution in [0.5, 0.6) is 11.5 Å². The van der Waals surface area contributed by atoms with Crippen LogP contribution in [0.4, 0.5) is 5.69 Å². The van der Waals surface area contributed by atoms with Crippen LogP contribution >= 0.6 is 11.6 Å². The molecular formula is C22H20ClN3O4. The molecule has 1 aromatic heterocycles. The van der Waals surface area contributed by atoms with E-state index < -0.39 is 5.97 Å². The lowest BCUT2D eigenvalue weighted by Crippen LogP contribution is -2.06. The summed E-state index contributed by atoms with van der Waals surface area (Å²) in [7, 11) is 0. The zero-order valence-corrected chi connectivity index (χ0v) is 17.3. The minimum absolute atomic E-state index is 0.208. The van der Waals surface area contributed by atoms with Crippen LogP contribution in [0.1, 0.15) is 30.9 Å². The molecule has 154 valence electrons. The maximum absolute atomic E-state index is 12.0. The van der Waals surface area contributed by atoms with Crippen LogP contribution in [-0.2, 0) is 16.0 Å². The first-order valence-corrected chi connectivity index (χ1v) is 9.82. The quantitative estimate of drug-likeness (QED) is 0.372. The maximum atomic E-state index is 12.0. The monoisotopic (exact) mass is 425 g/mol. The lowest BCUT2D eigenvalue weighted by atomic mass is 10.0. The number of benzene rings is 2. The molecule has 0 aliphatic carbocycles. The Morgan fingerprint density at radius 3 is 2.83 bits per heavy atom. The highest BCUT2D eigenvalue weighted by Gasteiger charge is 2.17. The average molecular weight is 426 g/mol. The second kappa shape index (κ2) is 8.20. The number of anilines is 1. The van der Waals surface area contributed by atoms with Crippen LogP contribution in [0.2, 0.25) is 5.02 Å². The van der Waals surface area contributed by atoms with E-state index in [4.69, 9.17) is 31.5 Å². The van der Waals surface area contributed by atoms with Crippen molar-refractivity contribution in [1.29, 1.82) is 0 Å². The van der Waals surface area contributed by atoms with Gasteiger partial charge in [-0.1, -0.05) is 17.7 Å². The molecule has 2 N–H and O–H groups in total. The van der Waals surface area contributed by atoms with Gasteiger partial charge in [0, 0.05) is 17.4 Å². The van der Waals surface area contributed by atoms with Gasteiger partial charge in [-0.2, -0.15) is 0 Å². The molecule has 3 aromatic rings. The lowest BCUT2D eigenvalue weighted by Gasteiger charge is -2.11. The predicted molar refractivity (Wildman–Crippen MR) is 115 cm³/mol. The number of carbonyl (C=O) groups excluding carboxylic acids is 1. The summed E-state index contributed by atoms with van der Waals surface area (Å²) in [5, 5.41) is 1.12. The number of esters is 1. The Hall–Kier alpha value is -3.32. The molecule has 0 amide bonds. The molecule has 7 nitrogen and oxygen atoms in total. The van der Waals surface area contributed by atoms with Crippen molar-refractivity contribution in [2.75, 3.05) is 19.1 Å². The van der Waals surface area contributed by atoms with Gasteiger partial charge in [-0.15, -0.1) is 0 Å². The fourth-order valence-electron chi connectivity index (χ4n) is 3.26. The van der Waals surface area contributed by atoms with Crippen molar-refractivity contribution >= 4 is 40.2 Å². The smallest absolute Gasteiger partial charge is 0.333 e. The Labute approximate surface area is 178 Å². The summed E-state index contributed by atoms with van der Waals surface area (Å²) >= 11 is 6.25.